The molecule has 0 aromatic carbocycles. The van der Waals surface area contributed by atoms with Gasteiger partial charge in [0.25, 0.3) is 5.91 Å². The van der Waals surface area contributed by atoms with Gasteiger partial charge in [0.2, 0.25) is 0 Å². The van der Waals surface area contributed by atoms with E-state index in [-0.39, 0.29) is 10.9 Å². The fraction of sp³-hybridized carbons (Fsp3) is 0.500. The number of carbonyl (C=O) groups is 1. The Bertz CT molecular complexity index is 113. The van der Waals surface area contributed by atoms with E-state index in [1.807, 2.05) is 0 Å². The summed E-state index contributed by atoms with van der Waals surface area (Å²) in [4.78, 5) is 10.3. The zero-order valence-corrected chi connectivity index (χ0v) is 5.42. The summed E-state index contributed by atoms with van der Waals surface area (Å²) in [6, 6.07) is 0. The van der Waals surface area contributed by atoms with Gasteiger partial charge >= 0.3 is 0 Å². The molecule has 3 nitrogen and oxygen atoms in total. The minimum atomic E-state index is -0.359. The number of carbonyl (C=O) groups excluding carboxylic acids is 1. The molecule has 0 bridgehead atoms. The van der Waals surface area contributed by atoms with Crippen LogP contribution in [0.15, 0.2) is 0 Å². The van der Waals surface area contributed by atoms with Gasteiger partial charge in [0.1, 0.15) is 0 Å². The molecular weight excluding hydrogens is 124 g/mol. The number of rotatable bonds is 1. The highest BCUT2D eigenvalue weighted by molar-refractivity contribution is 7.81. The molecule has 0 rings (SSSR count). The maximum atomic E-state index is 10.4. The first-order valence-corrected chi connectivity index (χ1v) is 2.67. The Hall–Kier alpha value is -0.640. The minimum absolute atomic E-state index is 0.105. The number of hydrogen-bond donors (Lipinski definition) is 2. The zero-order chi connectivity index (χ0) is 6.57. The van der Waals surface area contributed by atoms with Crippen molar-refractivity contribution in [2.24, 2.45) is 5.73 Å². The normalized spacial score (nSPS) is 8.12. The number of likely N-dealkylation sites (N-methyl/N-ethyl adjacent to an activating group) is 1. The molecule has 0 radical (unpaired) electrons. The Labute approximate surface area is 53.2 Å². The molecule has 0 spiro atoms. The SMILES string of the molecule is CCNC(=O)C(N)=S. The first-order chi connectivity index (χ1) is 3.68. The molecule has 8 heavy (non-hydrogen) atoms. The Balaban J connectivity index is 3.49. The first-order valence-electron chi connectivity index (χ1n) is 2.26. The minimum Gasteiger partial charge on any atom is -0.385 e. The van der Waals surface area contributed by atoms with Gasteiger partial charge in [-0.15, -0.1) is 0 Å². The van der Waals surface area contributed by atoms with E-state index < -0.39 is 0 Å². The van der Waals surface area contributed by atoms with Gasteiger partial charge in [0.15, 0.2) is 4.99 Å². The third-order valence-corrected chi connectivity index (χ3v) is 0.747. The molecule has 0 aliphatic rings. The van der Waals surface area contributed by atoms with Gasteiger partial charge in [-0.05, 0) is 6.92 Å². The van der Waals surface area contributed by atoms with Crippen LogP contribution in [0.25, 0.3) is 0 Å². The van der Waals surface area contributed by atoms with Crippen LogP contribution < -0.4 is 11.1 Å². The summed E-state index contributed by atoms with van der Waals surface area (Å²) in [7, 11) is 0. The van der Waals surface area contributed by atoms with Crippen molar-refractivity contribution in [3.63, 3.8) is 0 Å². The van der Waals surface area contributed by atoms with E-state index in [9.17, 15) is 4.79 Å². The predicted molar refractivity (Wildman–Crippen MR) is 35.5 cm³/mol. The molecule has 0 aromatic heterocycles. The molecule has 1 amide bonds. The molecule has 0 aliphatic heterocycles. The first kappa shape index (κ1) is 7.36. The second kappa shape index (κ2) is 3.37. The molecular formula is C4H8N2OS. The fourth-order valence-corrected chi connectivity index (χ4v) is 0.320. The Morgan fingerprint density at radius 3 is 2.50 bits per heavy atom. The van der Waals surface area contributed by atoms with Gasteiger partial charge in [0, 0.05) is 6.54 Å². The lowest BCUT2D eigenvalue weighted by Gasteiger charge is -1.95. The Morgan fingerprint density at radius 1 is 1.88 bits per heavy atom. The summed E-state index contributed by atoms with van der Waals surface area (Å²) in [5, 5.41) is 2.44. The third kappa shape index (κ3) is 2.52. The average molecular weight is 132 g/mol. The van der Waals surface area contributed by atoms with Crippen LogP contribution in [0.4, 0.5) is 0 Å². The van der Waals surface area contributed by atoms with Crippen LogP contribution in [0.1, 0.15) is 6.92 Å². The lowest BCUT2D eigenvalue weighted by molar-refractivity contribution is -0.114. The summed E-state index contributed by atoms with van der Waals surface area (Å²) in [6.45, 7) is 2.37. The monoisotopic (exact) mass is 132 g/mol. The highest BCUT2D eigenvalue weighted by Crippen LogP contribution is 1.64. The molecule has 0 fully saturated rings. The van der Waals surface area contributed by atoms with Gasteiger partial charge in [-0.2, -0.15) is 0 Å². The molecule has 0 saturated heterocycles. The summed E-state index contributed by atoms with van der Waals surface area (Å²) < 4.78 is 0. The van der Waals surface area contributed by atoms with Gasteiger partial charge < -0.3 is 11.1 Å². The smallest absolute Gasteiger partial charge is 0.278 e. The number of thiocarbonyl (C=S) groups is 1. The van der Waals surface area contributed by atoms with Crippen LogP contribution in [-0.2, 0) is 4.79 Å². The van der Waals surface area contributed by atoms with E-state index in [0.29, 0.717) is 6.54 Å². The maximum Gasteiger partial charge on any atom is 0.278 e. The molecule has 0 aromatic rings. The second-order valence-corrected chi connectivity index (χ2v) is 1.66. The molecule has 0 aliphatic carbocycles. The number of hydrogen-bond acceptors (Lipinski definition) is 2. The van der Waals surface area contributed by atoms with Crippen molar-refractivity contribution in [1.82, 2.24) is 5.32 Å². The van der Waals surface area contributed by atoms with Crippen molar-refractivity contribution in [2.75, 3.05) is 6.54 Å². The largest absolute Gasteiger partial charge is 0.385 e. The van der Waals surface area contributed by atoms with E-state index in [4.69, 9.17) is 5.73 Å². The van der Waals surface area contributed by atoms with E-state index in [0.717, 1.165) is 0 Å². The molecule has 0 atom stereocenters. The third-order valence-electron chi connectivity index (χ3n) is 0.561. The summed E-state index contributed by atoms with van der Waals surface area (Å²) in [5.41, 5.74) is 4.94. The summed E-state index contributed by atoms with van der Waals surface area (Å²) >= 11 is 4.35. The Kier molecular flexibility index (Phi) is 3.10. The zero-order valence-electron chi connectivity index (χ0n) is 4.60. The van der Waals surface area contributed by atoms with Crippen molar-refractivity contribution >= 4 is 23.1 Å². The second-order valence-electron chi connectivity index (χ2n) is 1.22. The lowest BCUT2D eigenvalue weighted by atomic mass is 10.6. The van der Waals surface area contributed by atoms with Crippen LogP contribution in [0.2, 0.25) is 0 Å². The maximum absolute atomic E-state index is 10.4. The van der Waals surface area contributed by atoms with Crippen LogP contribution in [-0.4, -0.2) is 17.4 Å². The molecule has 0 unspecified atom stereocenters. The number of nitrogens with two attached hydrogens (primary N) is 1. The van der Waals surface area contributed by atoms with Gasteiger partial charge in [-0.1, -0.05) is 12.2 Å². The average Bonchev–Trinajstić information content (AvgIpc) is 1.67. The van der Waals surface area contributed by atoms with Crippen LogP contribution >= 0.6 is 12.2 Å². The van der Waals surface area contributed by atoms with Crippen molar-refractivity contribution in [2.45, 2.75) is 6.92 Å². The fourth-order valence-electron chi connectivity index (χ4n) is 0.248. The molecule has 0 heterocycles. The highest BCUT2D eigenvalue weighted by Gasteiger charge is 1.98. The molecule has 46 valence electrons. The van der Waals surface area contributed by atoms with Gasteiger partial charge in [-0.25, -0.2) is 0 Å². The van der Waals surface area contributed by atoms with E-state index in [2.05, 4.69) is 17.5 Å². The summed E-state index contributed by atoms with van der Waals surface area (Å²) in [5.74, 6) is -0.359. The lowest BCUT2D eigenvalue weighted by Crippen LogP contribution is -2.34. The van der Waals surface area contributed by atoms with Crippen LogP contribution in [0, 0.1) is 0 Å². The van der Waals surface area contributed by atoms with Crippen molar-refractivity contribution in [3.05, 3.63) is 0 Å². The highest BCUT2D eigenvalue weighted by atomic mass is 32.1. The summed E-state index contributed by atoms with van der Waals surface area (Å²) in [6.07, 6.45) is 0. The molecule has 0 saturated carbocycles. The topological polar surface area (TPSA) is 55.1 Å². The van der Waals surface area contributed by atoms with Gasteiger partial charge in [0.05, 0.1) is 0 Å². The van der Waals surface area contributed by atoms with Crippen LogP contribution in [0.3, 0.4) is 0 Å². The van der Waals surface area contributed by atoms with E-state index >= 15 is 0 Å². The van der Waals surface area contributed by atoms with Crippen molar-refractivity contribution < 1.29 is 4.79 Å². The van der Waals surface area contributed by atoms with E-state index in [1.54, 1.807) is 6.92 Å². The standard InChI is InChI=1S/C4H8N2OS/c1-2-6-4(7)3(5)8/h2H2,1H3,(H2,5,8)(H,6,7). The quantitative estimate of drug-likeness (QED) is 0.469. The number of nitrogens with one attached hydrogen (secondary N) is 1. The molecule has 3 N–H and O–H groups in total. The van der Waals surface area contributed by atoms with Crippen molar-refractivity contribution in [3.8, 4) is 0 Å². The molecule has 4 heteroatoms. The van der Waals surface area contributed by atoms with Crippen LogP contribution in [0.5, 0.6) is 0 Å². The van der Waals surface area contributed by atoms with E-state index in [1.165, 1.54) is 0 Å². The van der Waals surface area contributed by atoms with Crippen molar-refractivity contribution in [1.29, 1.82) is 0 Å². The Morgan fingerprint density at radius 2 is 2.38 bits per heavy atom. The van der Waals surface area contributed by atoms with Gasteiger partial charge in [-0.3, -0.25) is 4.79 Å². The predicted octanol–water partition coefficient (Wildman–Crippen LogP) is -0.591. The number of amides is 1.